The molecule has 21 heavy (non-hydrogen) atoms. The summed E-state index contributed by atoms with van der Waals surface area (Å²) < 4.78 is 15.7. The number of rotatable bonds is 3. The van der Waals surface area contributed by atoms with Gasteiger partial charge in [-0.2, -0.15) is 5.10 Å². The number of carbonyl (C=O) groups excluding carboxylic acids is 1. The van der Waals surface area contributed by atoms with Crippen LogP contribution in [0.25, 0.3) is 0 Å². The zero-order valence-corrected chi connectivity index (χ0v) is 12.1. The first kappa shape index (κ1) is 14.1. The molecule has 0 N–H and O–H groups in total. The van der Waals surface area contributed by atoms with Crippen LogP contribution in [0.2, 0.25) is 5.02 Å². The summed E-state index contributed by atoms with van der Waals surface area (Å²) in [7, 11) is 0. The van der Waals surface area contributed by atoms with Gasteiger partial charge in [-0.05, 0) is 31.0 Å². The molecule has 0 bridgehead atoms. The highest BCUT2D eigenvalue weighted by molar-refractivity contribution is 6.33. The van der Waals surface area contributed by atoms with Crippen LogP contribution in [0.3, 0.4) is 0 Å². The Morgan fingerprint density at radius 1 is 1.43 bits per heavy atom. The van der Waals surface area contributed by atoms with Crippen molar-refractivity contribution in [3.8, 4) is 0 Å². The van der Waals surface area contributed by atoms with Crippen LogP contribution < -0.4 is 0 Å². The normalized spacial score (nSPS) is 18.2. The van der Waals surface area contributed by atoms with Gasteiger partial charge in [0.05, 0.1) is 23.2 Å². The molecule has 110 valence electrons. The average Bonchev–Trinajstić information content (AvgIpc) is 3.10. The van der Waals surface area contributed by atoms with Crippen molar-refractivity contribution >= 4 is 17.5 Å². The first-order valence-corrected chi connectivity index (χ1v) is 7.27. The quantitative estimate of drug-likeness (QED) is 0.874. The largest absolute Gasteiger partial charge is 0.334 e. The Hall–Kier alpha value is -1.88. The number of nitrogens with zero attached hydrogens (tertiary/aromatic N) is 3. The number of amides is 1. The second-order valence-electron chi connectivity index (χ2n) is 5.12. The Bertz CT molecular complexity index is 624. The highest BCUT2D eigenvalue weighted by atomic mass is 35.5. The number of hydrogen-bond donors (Lipinski definition) is 0. The van der Waals surface area contributed by atoms with E-state index in [1.807, 2.05) is 12.3 Å². The van der Waals surface area contributed by atoms with Gasteiger partial charge in [-0.1, -0.05) is 17.7 Å². The van der Waals surface area contributed by atoms with Gasteiger partial charge in [0.15, 0.2) is 0 Å². The summed E-state index contributed by atoms with van der Waals surface area (Å²) in [5.74, 6) is -0.912. The number of carbonyl (C=O) groups is 1. The summed E-state index contributed by atoms with van der Waals surface area (Å²) in [6.45, 7) is 1.24. The zero-order valence-electron chi connectivity index (χ0n) is 11.4. The fourth-order valence-corrected chi connectivity index (χ4v) is 3.01. The Kier molecular flexibility index (Phi) is 3.92. The highest BCUT2D eigenvalue weighted by Gasteiger charge is 2.32. The van der Waals surface area contributed by atoms with Gasteiger partial charge in [0.2, 0.25) is 0 Å². The lowest BCUT2D eigenvalue weighted by Gasteiger charge is -2.25. The molecule has 1 aromatic carbocycles. The third-order valence-electron chi connectivity index (χ3n) is 3.77. The van der Waals surface area contributed by atoms with Crippen molar-refractivity contribution in [3.05, 3.63) is 53.1 Å². The number of benzene rings is 1. The molecular formula is C15H15ClFN3O. The predicted octanol–water partition coefficient (Wildman–Crippen LogP) is 2.98. The summed E-state index contributed by atoms with van der Waals surface area (Å²) in [6.07, 6.45) is 5.35. The van der Waals surface area contributed by atoms with Gasteiger partial charge in [0, 0.05) is 18.9 Å². The molecule has 3 rings (SSSR count). The topological polar surface area (TPSA) is 38.1 Å². The van der Waals surface area contributed by atoms with Crippen LogP contribution >= 0.6 is 11.6 Å². The minimum absolute atomic E-state index is 0.0214. The molecule has 0 spiro atoms. The van der Waals surface area contributed by atoms with Crippen LogP contribution in [0.15, 0.2) is 36.7 Å². The maximum Gasteiger partial charge on any atom is 0.258 e. The molecule has 2 aromatic rings. The second kappa shape index (κ2) is 5.85. The van der Waals surface area contributed by atoms with Crippen molar-refractivity contribution in [2.75, 3.05) is 6.54 Å². The highest BCUT2D eigenvalue weighted by Crippen LogP contribution is 2.26. The molecule has 1 aliphatic heterocycles. The van der Waals surface area contributed by atoms with Gasteiger partial charge in [-0.25, -0.2) is 4.39 Å². The monoisotopic (exact) mass is 307 g/mol. The van der Waals surface area contributed by atoms with Crippen molar-refractivity contribution in [2.24, 2.45) is 0 Å². The molecule has 6 heteroatoms. The molecule has 4 nitrogen and oxygen atoms in total. The average molecular weight is 308 g/mol. The maximum absolute atomic E-state index is 13.9. The van der Waals surface area contributed by atoms with E-state index in [1.54, 1.807) is 15.8 Å². The standard InChI is InChI=1S/C15H15ClFN3O/c16-12-5-1-6-13(17)14(12)15(21)20-9-2-4-11(20)10-19-8-3-7-18-19/h1,3,5-8,11H,2,4,9-10H2. The number of likely N-dealkylation sites (tertiary alicyclic amines) is 1. The molecule has 0 radical (unpaired) electrons. The SMILES string of the molecule is O=C(c1c(F)cccc1Cl)N1CCCC1Cn1cccn1. The number of halogens is 2. The minimum atomic E-state index is -0.572. The van der Waals surface area contributed by atoms with Crippen LogP contribution in [-0.4, -0.2) is 33.2 Å². The molecular weight excluding hydrogens is 293 g/mol. The van der Waals surface area contributed by atoms with Crippen LogP contribution in [-0.2, 0) is 6.54 Å². The smallest absolute Gasteiger partial charge is 0.258 e. The van der Waals surface area contributed by atoms with E-state index in [0.717, 1.165) is 12.8 Å². The molecule has 1 aliphatic rings. The van der Waals surface area contributed by atoms with E-state index in [9.17, 15) is 9.18 Å². The fourth-order valence-electron chi connectivity index (χ4n) is 2.76. The molecule has 1 atom stereocenters. The first-order chi connectivity index (χ1) is 10.2. The van der Waals surface area contributed by atoms with Gasteiger partial charge in [0.25, 0.3) is 5.91 Å². The second-order valence-corrected chi connectivity index (χ2v) is 5.53. The van der Waals surface area contributed by atoms with Crippen LogP contribution in [0, 0.1) is 5.82 Å². The Morgan fingerprint density at radius 3 is 3.00 bits per heavy atom. The van der Waals surface area contributed by atoms with Crippen molar-refractivity contribution in [1.82, 2.24) is 14.7 Å². The summed E-state index contributed by atoms with van der Waals surface area (Å²) in [5.41, 5.74) is -0.0356. The third-order valence-corrected chi connectivity index (χ3v) is 4.09. The molecule has 1 unspecified atom stereocenters. The molecule has 1 saturated heterocycles. The van der Waals surface area contributed by atoms with Gasteiger partial charge in [-0.3, -0.25) is 9.48 Å². The molecule has 1 amide bonds. The van der Waals surface area contributed by atoms with Gasteiger partial charge < -0.3 is 4.90 Å². The summed E-state index contributed by atoms with van der Waals surface area (Å²) in [5, 5.41) is 4.32. The summed E-state index contributed by atoms with van der Waals surface area (Å²) in [6, 6.07) is 6.16. The lowest BCUT2D eigenvalue weighted by Crippen LogP contribution is -2.38. The lowest BCUT2D eigenvalue weighted by atomic mass is 10.1. The van der Waals surface area contributed by atoms with E-state index in [4.69, 9.17) is 11.6 Å². The third kappa shape index (κ3) is 2.78. The number of hydrogen-bond acceptors (Lipinski definition) is 2. The van der Waals surface area contributed by atoms with Gasteiger partial charge in [0.1, 0.15) is 5.82 Å². The Balaban J connectivity index is 1.83. The van der Waals surface area contributed by atoms with E-state index in [-0.39, 0.29) is 22.5 Å². The lowest BCUT2D eigenvalue weighted by molar-refractivity contribution is 0.0717. The van der Waals surface area contributed by atoms with Crippen molar-refractivity contribution in [3.63, 3.8) is 0 Å². The first-order valence-electron chi connectivity index (χ1n) is 6.89. The van der Waals surface area contributed by atoms with Crippen molar-refractivity contribution in [1.29, 1.82) is 0 Å². The van der Waals surface area contributed by atoms with E-state index in [1.165, 1.54) is 18.2 Å². The predicted molar refractivity (Wildman–Crippen MR) is 77.7 cm³/mol. The minimum Gasteiger partial charge on any atom is -0.334 e. The molecule has 0 saturated carbocycles. The fraction of sp³-hybridized carbons (Fsp3) is 0.333. The van der Waals surface area contributed by atoms with Gasteiger partial charge in [-0.15, -0.1) is 0 Å². The molecule has 0 aliphatic carbocycles. The van der Waals surface area contributed by atoms with Crippen molar-refractivity contribution < 1.29 is 9.18 Å². The number of aromatic nitrogens is 2. The van der Waals surface area contributed by atoms with Crippen LogP contribution in [0.5, 0.6) is 0 Å². The molecule has 1 fully saturated rings. The molecule has 2 heterocycles. The van der Waals surface area contributed by atoms with Crippen LogP contribution in [0.1, 0.15) is 23.2 Å². The molecule has 1 aromatic heterocycles. The van der Waals surface area contributed by atoms with E-state index < -0.39 is 5.82 Å². The maximum atomic E-state index is 13.9. The van der Waals surface area contributed by atoms with Gasteiger partial charge >= 0.3 is 0 Å². The van der Waals surface area contributed by atoms with Crippen LogP contribution in [0.4, 0.5) is 4.39 Å². The van der Waals surface area contributed by atoms with E-state index in [0.29, 0.717) is 13.1 Å². The van der Waals surface area contributed by atoms with E-state index >= 15 is 0 Å². The van der Waals surface area contributed by atoms with Crippen molar-refractivity contribution in [2.45, 2.75) is 25.4 Å². The summed E-state index contributed by atoms with van der Waals surface area (Å²) in [4.78, 5) is 14.3. The van der Waals surface area contributed by atoms with E-state index in [2.05, 4.69) is 5.10 Å². The Morgan fingerprint density at radius 2 is 2.29 bits per heavy atom. The Labute approximate surface area is 127 Å². The summed E-state index contributed by atoms with van der Waals surface area (Å²) >= 11 is 5.99. The zero-order chi connectivity index (χ0) is 14.8.